The van der Waals surface area contributed by atoms with Gasteiger partial charge in [0, 0.05) is 23.3 Å². The third-order valence-electron chi connectivity index (χ3n) is 1.87. The van der Waals surface area contributed by atoms with Crippen LogP contribution in [0.5, 0.6) is 0 Å². The first-order valence-corrected chi connectivity index (χ1v) is 4.16. The van der Waals surface area contributed by atoms with Gasteiger partial charge in [0.05, 0.1) is 11.2 Å². The highest BCUT2D eigenvalue weighted by molar-refractivity contribution is 6.08. The Kier molecular flexibility index (Phi) is 3.17. The van der Waals surface area contributed by atoms with Crippen LogP contribution in [0.4, 0.5) is 5.69 Å². The van der Waals surface area contributed by atoms with E-state index in [0.29, 0.717) is 6.26 Å². The maximum atomic E-state index is 11.5. The summed E-state index contributed by atoms with van der Waals surface area (Å²) in [7, 11) is 0. The number of carbonyl (C=O) groups is 1. The lowest BCUT2D eigenvalue weighted by Crippen LogP contribution is -2.01. The summed E-state index contributed by atoms with van der Waals surface area (Å²) in [5.41, 5.74) is 0.175. The Labute approximate surface area is 85.8 Å². The van der Waals surface area contributed by atoms with Gasteiger partial charge in [-0.05, 0) is 6.92 Å². The standard InChI is InChI=1S/C10H9NO4/c1-7(6-12)10(13)8-3-2-4-9(5-8)11(14)15/h2-6,12H,1H3/b7-6+. The van der Waals surface area contributed by atoms with Crippen molar-refractivity contribution < 1.29 is 14.8 Å². The van der Waals surface area contributed by atoms with Crippen molar-refractivity contribution in [2.24, 2.45) is 0 Å². The lowest BCUT2D eigenvalue weighted by molar-refractivity contribution is -0.384. The number of aliphatic hydroxyl groups excluding tert-OH is 1. The van der Waals surface area contributed by atoms with E-state index < -0.39 is 10.7 Å². The predicted octanol–water partition coefficient (Wildman–Crippen LogP) is 2.24. The van der Waals surface area contributed by atoms with Crippen LogP contribution in [0.1, 0.15) is 17.3 Å². The summed E-state index contributed by atoms with van der Waals surface area (Å²) >= 11 is 0. The molecule has 78 valence electrons. The highest BCUT2D eigenvalue weighted by Gasteiger charge is 2.12. The second-order valence-corrected chi connectivity index (χ2v) is 2.95. The molecule has 0 atom stereocenters. The molecule has 15 heavy (non-hydrogen) atoms. The van der Waals surface area contributed by atoms with Crippen molar-refractivity contribution in [3.8, 4) is 0 Å². The second-order valence-electron chi connectivity index (χ2n) is 2.95. The summed E-state index contributed by atoms with van der Waals surface area (Å²) in [6, 6.07) is 5.36. The normalized spacial score (nSPS) is 11.1. The minimum atomic E-state index is -0.575. The minimum Gasteiger partial charge on any atom is -0.515 e. The van der Waals surface area contributed by atoms with E-state index in [0.717, 1.165) is 0 Å². The van der Waals surface area contributed by atoms with Gasteiger partial charge in [-0.3, -0.25) is 14.9 Å². The molecule has 1 rings (SSSR count). The number of rotatable bonds is 3. The van der Waals surface area contributed by atoms with Crippen LogP contribution >= 0.6 is 0 Å². The molecule has 0 saturated heterocycles. The van der Waals surface area contributed by atoms with Crippen LogP contribution in [-0.2, 0) is 0 Å². The van der Waals surface area contributed by atoms with E-state index in [1.807, 2.05) is 0 Å². The molecule has 0 aromatic heterocycles. The third-order valence-corrected chi connectivity index (χ3v) is 1.87. The number of Topliss-reactive ketones (excluding diaryl/α,β-unsaturated/α-hetero) is 1. The number of aliphatic hydroxyl groups is 1. The number of hydrogen-bond acceptors (Lipinski definition) is 4. The summed E-state index contributed by atoms with van der Waals surface area (Å²) < 4.78 is 0. The maximum absolute atomic E-state index is 11.5. The number of hydrogen-bond donors (Lipinski definition) is 1. The van der Waals surface area contributed by atoms with Gasteiger partial charge >= 0.3 is 0 Å². The molecule has 0 aliphatic rings. The highest BCUT2D eigenvalue weighted by atomic mass is 16.6. The Morgan fingerprint density at radius 2 is 2.20 bits per heavy atom. The number of benzene rings is 1. The second kappa shape index (κ2) is 4.36. The molecule has 1 N–H and O–H groups in total. The molecule has 0 fully saturated rings. The zero-order valence-corrected chi connectivity index (χ0v) is 8.01. The van der Waals surface area contributed by atoms with Gasteiger partial charge in [0.1, 0.15) is 0 Å². The Bertz CT molecular complexity index is 437. The lowest BCUT2D eigenvalue weighted by Gasteiger charge is -1.99. The zero-order chi connectivity index (χ0) is 11.4. The average Bonchev–Trinajstić information content (AvgIpc) is 2.27. The predicted molar refractivity (Wildman–Crippen MR) is 53.8 cm³/mol. The first-order valence-electron chi connectivity index (χ1n) is 4.16. The summed E-state index contributed by atoms with van der Waals surface area (Å²) in [4.78, 5) is 21.4. The van der Waals surface area contributed by atoms with Crippen LogP contribution in [0, 0.1) is 10.1 Å². The molecule has 0 spiro atoms. The Balaban J connectivity index is 3.11. The van der Waals surface area contributed by atoms with Crippen molar-refractivity contribution in [1.82, 2.24) is 0 Å². The smallest absolute Gasteiger partial charge is 0.270 e. The van der Waals surface area contributed by atoms with Crippen LogP contribution < -0.4 is 0 Å². The molecule has 0 aliphatic heterocycles. The molecule has 0 radical (unpaired) electrons. The molecule has 0 aliphatic carbocycles. The first kappa shape index (κ1) is 10.9. The number of non-ortho nitro benzene ring substituents is 1. The van der Waals surface area contributed by atoms with E-state index in [1.165, 1.54) is 31.2 Å². The molecule has 1 aromatic rings. The van der Waals surface area contributed by atoms with Crippen molar-refractivity contribution >= 4 is 11.5 Å². The fraction of sp³-hybridized carbons (Fsp3) is 0.100. The van der Waals surface area contributed by atoms with E-state index in [-0.39, 0.29) is 16.8 Å². The molecule has 1 aromatic carbocycles. The number of nitro groups is 1. The monoisotopic (exact) mass is 207 g/mol. The van der Waals surface area contributed by atoms with Gasteiger partial charge in [-0.25, -0.2) is 0 Å². The SMILES string of the molecule is C/C(=C\O)C(=O)c1cccc([N+](=O)[O-])c1. The molecule has 0 amide bonds. The molecule has 0 heterocycles. The number of allylic oxidation sites excluding steroid dienone is 1. The number of nitrogens with zero attached hydrogens (tertiary/aromatic N) is 1. The molecule has 0 bridgehead atoms. The Morgan fingerprint density at radius 3 is 2.73 bits per heavy atom. The van der Waals surface area contributed by atoms with Crippen molar-refractivity contribution in [3.05, 3.63) is 51.8 Å². The van der Waals surface area contributed by atoms with E-state index in [9.17, 15) is 14.9 Å². The number of ketones is 1. The highest BCUT2D eigenvalue weighted by Crippen LogP contribution is 2.15. The molecule has 5 heteroatoms. The summed E-state index contributed by atoms with van der Waals surface area (Å²) in [5, 5.41) is 19.1. The molecule has 5 nitrogen and oxygen atoms in total. The minimum absolute atomic E-state index is 0.135. The van der Waals surface area contributed by atoms with Gasteiger partial charge in [-0.15, -0.1) is 0 Å². The van der Waals surface area contributed by atoms with Crippen molar-refractivity contribution in [1.29, 1.82) is 0 Å². The van der Waals surface area contributed by atoms with E-state index in [1.54, 1.807) is 0 Å². The van der Waals surface area contributed by atoms with Crippen molar-refractivity contribution in [3.63, 3.8) is 0 Å². The fourth-order valence-electron chi connectivity index (χ4n) is 1.05. The van der Waals surface area contributed by atoms with Crippen LogP contribution in [-0.4, -0.2) is 15.8 Å². The largest absolute Gasteiger partial charge is 0.515 e. The van der Waals surface area contributed by atoms with Crippen LogP contribution in [0.15, 0.2) is 36.1 Å². The molecule has 0 saturated carbocycles. The van der Waals surface area contributed by atoms with Gasteiger partial charge in [0.15, 0.2) is 5.78 Å². The van der Waals surface area contributed by atoms with Crippen LogP contribution in [0.25, 0.3) is 0 Å². The average molecular weight is 207 g/mol. The number of nitro benzene ring substituents is 1. The van der Waals surface area contributed by atoms with Gasteiger partial charge in [-0.1, -0.05) is 12.1 Å². The molecular weight excluding hydrogens is 198 g/mol. The zero-order valence-electron chi connectivity index (χ0n) is 8.01. The van der Waals surface area contributed by atoms with Gasteiger partial charge in [-0.2, -0.15) is 0 Å². The van der Waals surface area contributed by atoms with Gasteiger partial charge < -0.3 is 5.11 Å². The van der Waals surface area contributed by atoms with Gasteiger partial charge in [0.2, 0.25) is 0 Å². The van der Waals surface area contributed by atoms with Crippen molar-refractivity contribution in [2.75, 3.05) is 0 Å². The first-order chi connectivity index (χ1) is 7.06. The topological polar surface area (TPSA) is 80.4 Å². The van der Waals surface area contributed by atoms with Crippen LogP contribution in [0.2, 0.25) is 0 Å². The molecular formula is C10H9NO4. The fourth-order valence-corrected chi connectivity index (χ4v) is 1.05. The Hall–Kier alpha value is -2.17. The van der Waals surface area contributed by atoms with E-state index in [2.05, 4.69) is 0 Å². The van der Waals surface area contributed by atoms with E-state index in [4.69, 9.17) is 5.11 Å². The summed E-state index contributed by atoms with van der Waals surface area (Å²) in [6.07, 6.45) is 0.682. The summed E-state index contributed by atoms with van der Waals surface area (Å²) in [6.45, 7) is 1.43. The lowest BCUT2D eigenvalue weighted by atomic mass is 10.1. The maximum Gasteiger partial charge on any atom is 0.270 e. The van der Waals surface area contributed by atoms with Crippen molar-refractivity contribution in [2.45, 2.75) is 6.92 Å². The van der Waals surface area contributed by atoms with Crippen LogP contribution in [0.3, 0.4) is 0 Å². The van der Waals surface area contributed by atoms with Gasteiger partial charge in [0.25, 0.3) is 5.69 Å². The summed E-state index contributed by atoms with van der Waals surface area (Å²) in [5.74, 6) is -0.429. The van der Waals surface area contributed by atoms with E-state index >= 15 is 0 Å². The molecule has 0 unspecified atom stereocenters. The third kappa shape index (κ3) is 2.40. The quantitative estimate of drug-likeness (QED) is 0.271. The Morgan fingerprint density at radius 1 is 1.53 bits per heavy atom. The number of carbonyl (C=O) groups excluding carboxylic acids is 1.